The van der Waals surface area contributed by atoms with Gasteiger partial charge >= 0.3 is 12.1 Å². The number of rotatable bonds is 5. The van der Waals surface area contributed by atoms with E-state index in [4.69, 9.17) is 10.00 Å². The molecule has 0 aliphatic carbocycles. The second-order valence-corrected chi connectivity index (χ2v) is 5.74. The zero-order chi connectivity index (χ0) is 19.2. The number of carbonyl (C=O) groups is 1. The van der Waals surface area contributed by atoms with Gasteiger partial charge in [0.1, 0.15) is 11.9 Å². The fourth-order valence-corrected chi connectivity index (χ4v) is 2.60. The van der Waals surface area contributed by atoms with Crippen LogP contribution < -0.4 is 10.2 Å². The topological polar surface area (TPSA) is 78.2 Å². The number of nitrogens with zero attached hydrogens (tertiary/aromatic N) is 3. The molecule has 9 heteroatoms. The summed E-state index contributed by atoms with van der Waals surface area (Å²) < 4.78 is 42.9. The molecule has 1 aromatic heterocycles. The molecular weight excluding hydrogens is 349 g/mol. The van der Waals surface area contributed by atoms with Crippen molar-refractivity contribution in [2.24, 2.45) is 5.92 Å². The van der Waals surface area contributed by atoms with Crippen LogP contribution in [-0.2, 0) is 9.53 Å². The number of aromatic nitrogens is 1. The number of pyridine rings is 1. The predicted octanol–water partition coefficient (Wildman–Crippen LogP) is 3.24. The first-order valence-electron chi connectivity index (χ1n) is 8.16. The number of hydrogen-bond acceptors (Lipinski definition) is 6. The van der Waals surface area contributed by atoms with Crippen molar-refractivity contribution < 1.29 is 22.7 Å². The largest absolute Gasteiger partial charge is 0.462 e. The second-order valence-electron chi connectivity index (χ2n) is 5.74. The Bertz CT molecular complexity index is 687. The van der Waals surface area contributed by atoms with Crippen LogP contribution in [0.15, 0.2) is 30.1 Å². The van der Waals surface area contributed by atoms with Gasteiger partial charge in [-0.05, 0) is 31.9 Å². The summed E-state index contributed by atoms with van der Waals surface area (Å²) in [6, 6.07) is 5.10. The van der Waals surface area contributed by atoms with Crippen molar-refractivity contribution in [2.45, 2.75) is 25.9 Å². The molecule has 6 nitrogen and oxygen atoms in total. The lowest BCUT2D eigenvalue weighted by atomic mass is 9.96. The van der Waals surface area contributed by atoms with Crippen molar-refractivity contribution in [1.82, 2.24) is 4.98 Å². The maximum Gasteiger partial charge on any atom is 0.391 e. The van der Waals surface area contributed by atoms with Gasteiger partial charge < -0.3 is 15.0 Å². The highest BCUT2D eigenvalue weighted by molar-refractivity contribution is 5.93. The van der Waals surface area contributed by atoms with Gasteiger partial charge in [0.25, 0.3) is 0 Å². The quantitative estimate of drug-likeness (QED) is 0.488. The number of anilines is 2. The summed E-state index contributed by atoms with van der Waals surface area (Å²) in [6.07, 6.45) is -1.32. The van der Waals surface area contributed by atoms with E-state index in [1.54, 1.807) is 30.0 Å². The fourth-order valence-electron chi connectivity index (χ4n) is 2.60. The molecule has 0 bridgehead atoms. The molecule has 1 aliphatic heterocycles. The zero-order valence-corrected chi connectivity index (χ0v) is 14.2. The Labute approximate surface area is 149 Å². The molecule has 1 fully saturated rings. The highest BCUT2D eigenvalue weighted by Gasteiger charge is 2.41. The Hall–Kier alpha value is -2.76. The number of carbonyl (C=O) groups excluding carboxylic acids is 1. The first-order valence-corrected chi connectivity index (χ1v) is 8.16. The molecule has 1 saturated heterocycles. The maximum absolute atomic E-state index is 12.7. The van der Waals surface area contributed by atoms with Gasteiger partial charge in [0.15, 0.2) is 5.57 Å². The van der Waals surface area contributed by atoms with Crippen LogP contribution in [0.5, 0.6) is 0 Å². The molecule has 2 heterocycles. The van der Waals surface area contributed by atoms with Gasteiger partial charge in [-0.1, -0.05) is 0 Å². The lowest BCUT2D eigenvalue weighted by molar-refractivity contribution is -0.179. The molecule has 26 heavy (non-hydrogen) atoms. The maximum atomic E-state index is 12.7. The molecule has 0 spiro atoms. The fraction of sp³-hybridized carbons (Fsp3) is 0.471. The van der Waals surface area contributed by atoms with E-state index in [2.05, 4.69) is 10.3 Å². The van der Waals surface area contributed by atoms with Gasteiger partial charge in [-0.15, -0.1) is 0 Å². The van der Waals surface area contributed by atoms with Gasteiger partial charge in [-0.2, -0.15) is 18.4 Å². The third kappa shape index (κ3) is 5.12. The van der Waals surface area contributed by atoms with Crippen LogP contribution in [-0.4, -0.2) is 36.8 Å². The lowest BCUT2D eigenvalue weighted by Gasteiger charge is -2.33. The third-order valence-corrected chi connectivity index (χ3v) is 4.03. The number of esters is 1. The summed E-state index contributed by atoms with van der Waals surface area (Å²) in [5, 5.41) is 11.7. The van der Waals surface area contributed by atoms with Crippen molar-refractivity contribution in [3.05, 3.63) is 30.1 Å². The second kappa shape index (κ2) is 8.56. The Morgan fingerprint density at radius 1 is 1.46 bits per heavy atom. The normalized spacial score (nSPS) is 16.1. The minimum Gasteiger partial charge on any atom is -0.462 e. The van der Waals surface area contributed by atoms with Gasteiger partial charge in [-0.25, -0.2) is 9.78 Å². The highest BCUT2D eigenvalue weighted by atomic mass is 19.4. The number of ether oxygens (including phenoxy) is 1. The smallest absolute Gasteiger partial charge is 0.391 e. The van der Waals surface area contributed by atoms with Gasteiger partial charge in [-0.3, -0.25) is 0 Å². The molecule has 1 N–H and O–H groups in total. The first kappa shape index (κ1) is 19.6. The Morgan fingerprint density at radius 3 is 2.65 bits per heavy atom. The summed E-state index contributed by atoms with van der Waals surface area (Å²) in [7, 11) is 0. The summed E-state index contributed by atoms with van der Waals surface area (Å²) >= 11 is 0. The van der Waals surface area contributed by atoms with Crippen LogP contribution in [0.3, 0.4) is 0 Å². The molecule has 0 radical (unpaired) electrons. The van der Waals surface area contributed by atoms with E-state index < -0.39 is 18.1 Å². The molecule has 0 atom stereocenters. The van der Waals surface area contributed by atoms with E-state index in [9.17, 15) is 18.0 Å². The number of hydrogen-bond donors (Lipinski definition) is 1. The van der Waals surface area contributed by atoms with Crippen LogP contribution in [0, 0.1) is 17.2 Å². The summed E-state index contributed by atoms with van der Waals surface area (Å²) in [4.78, 5) is 17.5. The molecule has 1 aliphatic rings. The standard InChI is InChI=1S/C17H19F3N4O2/c1-2-26-16(25)12(9-21)10-22-14-3-4-15(23-11-14)24-7-5-13(6-8-24)17(18,19)20/h3-4,10-11,13,22H,2,5-8H2,1H3/b12-10-. The molecule has 0 saturated carbocycles. The van der Waals surface area contributed by atoms with Crippen molar-refractivity contribution >= 4 is 17.5 Å². The summed E-state index contributed by atoms with van der Waals surface area (Å²) in [5.74, 6) is -1.39. The van der Waals surface area contributed by atoms with Crippen LogP contribution in [0.4, 0.5) is 24.7 Å². The van der Waals surface area contributed by atoms with Gasteiger partial charge in [0, 0.05) is 19.3 Å². The number of halogens is 3. The van der Waals surface area contributed by atoms with Crippen molar-refractivity contribution in [1.29, 1.82) is 5.26 Å². The average molecular weight is 368 g/mol. The summed E-state index contributed by atoms with van der Waals surface area (Å²) in [6.45, 7) is 2.40. The van der Waals surface area contributed by atoms with E-state index in [0.717, 1.165) is 0 Å². The van der Waals surface area contributed by atoms with Crippen molar-refractivity contribution in [2.75, 3.05) is 29.9 Å². The molecule has 1 aromatic rings. The van der Waals surface area contributed by atoms with Crippen LogP contribution in [0.1, 0.15) is 19.8 Å². The van der Waals surface area contributed by atoms with Crippen LogP contribution >= 0.6 is 0 Å². The predicted molar refractivity (Wildman–Crippen MR) is 89.2 cm³/mol. The third-order valence-electron chi connectivity index (χ3n) is 4.03. The average Bonchev–Trinajstić information content (AvgIpc) is 2.62. The number of nitriles is 1. The minimum absolute atomic E-state index is 0.0546. The van der Waals surface area contributed by atoms with E-state index in [1.807, 2.05) is 0 Å². The van der Waals surface area contributed by atoms with Crippen LogP contribution in [0.25, 0.3) is 0 Å². The van der Waals surface area contributed by atoms with Crippen molar-refractivity contribution in [3.8, 4) is 6.07 Å². The zero-order valence-electron chi connectivity index (χ0n) is 14.2. The van der Waals surface area contributed by atoms with E-state index >= 15 is 0 Å². The van der Waals surface area contributed by atoms with Gasteiger partial charge in [0.2, 0.25) is 0 Å². The monoisotopic (exact) mass is 368 g/mol. The molecule has 140 valence electrons. The van der Waals surface area contributed by atoms with Gasteiger partial charge in [0.05, 0.1) is 24.4 Å². The SMILES string of the molecule is CCOC(=O)/C(C#N)=C\Nc1ccc(N2CCC(C(F)(F)F)CC2)nc1. The van der Waals surface area contributed by atoms with E-state index in [0.29, 0.717) is 24.6 Å². The highest BCUT2D eigenvalue weighted by Crippen LogP contribution is 2.35. The molecular formula is C17H19F3N4O2. The number of alkyl halides is 3. The number of piperidine rings is 1. The van der Waals surface area contributed by atoms with E-state index in [1.165, 1.54) is 12.4 Å². The first-order chi connectivity index (χ1) is 12.3. The van der Waals surface area contributed by atoms with Crippen molar-refractivity contribution in [3.63, 3.8) is 0 Å². The minimum atomic E-state index is -4.14. The Kier molecular flexibility index (Phi) is 6.44. The Morgan fingerprint density at radius 2 is 2.15 bits per heavy atom. The Balaban J connectivity index is 1.95. The van der Waals surface area contributed by atoms with Crippen LogP contribution in [0.2, 0.25) is 0 Å². The summed E-state index contributed by atoms with van der Waals surface area (Å²) in [5.41, 5.74) is 0.362. The molecule has 0 aromatic carbocycles. The molecule has 2 rings (SSSR count). The molecule has 0 unspecified atom stereocenters. The lowest BCUT2D eigenvalue weighted by Crippen LogP contribution is -2.39. The molecule has 0 amide bonds. The number of nitrogens with one attached hydrogen (secondary N) is 1. The van der Waals surface area contributed by atoms with E-state index in [-0.39, 0.29) is 25.0 Å².